The second-order valence-corrected chi connectivity index (χ2v) is 5.17. The molecule has 5 heteroatoms. The number of imide groups is 1. The van der Waals surface area contributed by atoms with Crippen molar-refractivity contribution in [2.24, 2.45) is 11.8 Å². The lowest BCUT2D eigenvalue weighted by molar-refractivity contribution is -0.122. The molecule has 2 unspecified atom stereocenters. The predicted molar refractivity (Wildman–Crippen MR) is 67.8 cm³/mol. The van der Waals surface area contributed by atoms with Crippen LogP contribution in [-0.2, 0) is 9.59 Å². The average Bonchev–Trinajstić information content (AvgIpc) is 2.46. The number of carbonyl (C=O) groups is 2. The van der Waals surface area contributed by atoms with Crippen molar-refractivity contribution in [2.75, 3.05) is 4.90 Å². The molecular formula is C11H11IN2O2. The number of anilines is 1. The maximum atomic E-state index is 11.9. The molecule has 2 amide bonds. The van der Waals surface area contributed by atoms with Gasteiger partial charge in [0.2, 0.25) is 11.8 Å². The largest absolute Gasteiger partial charge is 0.274 e. The highest BCUT2D eigenvalue weighted by molar-refractivity contribution is 14.1. The van der Waals surface area contributed by atoms with E-state index in [9.17, 15) is 9.59 Å². The summed E-state index contributed by atoms with van der Waals surface area (Å²) in [6.45, 7) is 3.55. The van der Waals surface area contributed by atoms with Crippen molar-refractivity contribution in [3.63, 3.8) is 0 Å². The van der Waals surface area contributed by atoms with Gasteiger partial charge in [-0.2, -0.15) is 0 Å². The normalized spacial score (nSPS) is 25.3. The number of hydrogen-bond donors (Lipinski definition) is 0. The van der Waals surface area contributed by atoms with Crippen molar-refractivity contribution in [1.29, 1.82) is 0 Å². The first kappa shape index (κ1) is 11.5. The van der Waals surface area contributed by atoms with Gasteiger partial charge in [0.05, 0.1) is 0 Å². The average molecular weight is 330 g/mol. The van der Waals surface area contributed by atoms with Crippen molar-refractivity contribution in [3.05, 3.63) is 21.9 Å². The van der Waals surface area contributed by atoms with E-state index >= 15 is 0 Å². The highest BCUT2D eigenvalue weighted by Gasteiger charge is 2.43. The first-order valence-electron chi connectivity index (χ1n) is 5.01. The van der Waals surface area contributed by atoms with Gasteiger partial charge < -0.3 is 0 Å². The van der Waals surface area contributed by atoms with Crippen molar-refractivity contribution < 1.29 is 9.59 Å². The van der Waals surface area contributed by atoms with E-state index in [1.807, 2.05) is 6.07 Å². The summed E-state index contributed by atoms with van der Waals surface area (Å²) in [5.41, 5.74) is 0. The molecule has 2 rings (SSSR count). The smallest absolute Gasteiger partial charge is 0.238 e. The molecule has 4 nitrogen and oxygen atoms in total. The minimum absolute atomic E-state index is 0.161. The van der Waals surface area contributed by atoms with E-state index in [-0.39, 0.29) is 23.7 Å². The number of amides is 2. The first-order valence-corrected chi connectivity index (χ1v) is 6.09. The van der Waals surface area contributed by atoms with Gasteiger partial charge in [-0.15, -0.1) is 0 Å². The molecule has 0 aliphatic carbocycles. The number of halogens is 1. The molecule has 0 saturated carbocycles. The molecule has 0 spiro atoms. The lowest BCUT2D eigenvalue weighted by Gasteiger charge is -2.12. The van der Waals surface area contributed by atoms with Crippen LogP contribution in [0.25, 0.3) is 0 Å². The Hall–Kier alpha value is -0.980. The number of rotatable bonds is 1. The Morgan fingerprint density at radius 1 is 1.19 bits per heavy atom. The molecule has 1 fully saturated rings. The fraction of sp³-hybridized carbons (Fsp3) is 0.364. The SMILES string of the molecule is CC1C(=O)N(c2ccc(I)cn2)C(=O)C1C. The van der Waals surface area contributed by atoms with E-state index in [2.05, 4.69) is 27.6 Å². The lowest BCUT2D eigenvalue weighted by Crippen LogP contribution is -2.31. The van der Waals surface area contributed by atoms with Gasteiger partial charge >= 0.3 is 0 Å². The number of carbonyl (C=O) groups excluding carboxylic acids is 2. The van der Waals surface area contributed by atoms with Crippen LogP contribution in [0.4, 0.5) is 5.82 Å². The molecule has 16 heavy (non-hydrogen) atoms. The van der Waals surface area contributed by atoms with Crippen LogP contribution in [0.2, 0.25) is 0 Å². The van der Waals surface area contributed by atoms with Crippen LogP contribution in [0.3, 0.4) is 0 Å². The predicted octanol–water partition coefficient (Wildman–Crippen LogP) is 1.83. The summed E-state index contributed by atoms with van der Waals surface area (Å²) in [5, 5.41) is 0. The second-order valence-electron chi connectivity index (χ2n) is 3.92. The maximum absolute atomic E-state index is 11.9. The van der Waals surface area contributed by atoms with E-state index in [0.29, 0.717) is 5.82 Å². The molecule has 84 valence electrons. The van der Waals surface area contributed by atoms with Crippen molar-refractivity contribution in [1.82, 2.24) is 4.98 Å². The molecule has 1 aromatic rings. The minimum atomic E-state index is -0.256. The Labute approximate surface area is 107 Å². The third-order valence-corrected chi connectivity index (χ3v) is 3.55. The monoisotopic (exact) mass is 330 g/mol. The Bertz CT molecular complexity index is 424. The summed E-state index contributed by atoms with van der Waals surface area (Å²) >= 11 is 2.13. The van der Waals surface area contributed by atoms with Crippen LogP contribution in [-0.4, -0.2) is 16.8 Å². The van der Waals surface area contributed by atoms with E-state index in [1.165, 1.54) is 4.90 Å². The maximum Gasteiger partial charge on any atom is 0.238 e. The summed E-state index contributed by atoms with van der Waals surface area (Å²) in [4.78, 5) is 29.0. The fourth-order valence-corrected chi connectivity index (χ4v) is 1.99. The first-order chi connectivity index (χ1) is 7.52. The highest BCUT2D eigenvalue weighted by atomic mass is 127. The van der Waals surface area contributed by atoms with Crippen LogP contribution in [0, 0.1) is 15.4 Å². The molecule has 0 radical (unpaired) electrons. The molecule has 2 heterocycles. The number of hydrogen-bond acceptors (Lipinski definition) is 3. The van der Waals surface area contributed by atoms with Gasteiger partial charge in [0.25, 0.3) is 0 Å². The molecular weight excluding hydrogens is 319 g/mol. The van der Waals surface area contributed by atoms with Gasteiger partial charge in [-0.1, -0.05) is 13.8 Å². The minimum Gasteiger partial charge on any atom is -0.274 e. The summed E-state index contributed by atoms with van der Waals surface area (Å²) < 4.78 is 0.974. The summed E-state index contributed by atoms with van der Waals surface area (Å²) in [6.07, 6.45) is 1.64. The number of nitrogens with zero attached hydrogens (tertiary/aromatic N) is 2. The second kappa shape index (κ2) is 4.12. The zero-order chi connectivity index (χ0) is 11.9. The molecule has 0 aromatic carbocycles. The van der Waals surface area contributed by atoms with E-state index in [4.69, 9.17) is 0 Å². The Morgan fingerprint density at radius 2 is 1.75 bits per heavy atom. The van der Waals surface area contributed by atoms with E-state index in [1.54, 1.807) is 26.1 Å². The summed E-state index contributed by atoms with van der Waals surface area (Å²) in [5.74, 6) is -0.411. The molecule has 1 saturated heterocycles. The standard InChI is InChI=1S/C11H11IN2O2/c1-6-7(2)11(16)14(10(6)15)9-4-3-8(12)5-13-9/h3-7H,1-2H3. The molecule has 1 aromatic heterocycles. The fourth-order valence-electron chi connectivity index (χ4n) is 1.67. The van der Waals surface area contributed by atoms with Crippen LogP contribution >= 0.6 is 22.6 Å². The van der Waals surface area contributed by atoms with Crippen LogP contribution in [0.5, 0.6) is 0 Å². The zero-order valence-electron chi connectivity index (χ0n) is 8.98. The van der Waals surface area contributed by atoms with Crippen molar-refractivity contribution in [2.45, 2.75) is 13.8 Å². The molecule has 1 aliphatic heterocycles. The molecule has 0 bridgehead atoms. The summed E-state index contributed by atoms with van der Waals surface area (Å²) in [7, 11) is 0. The summed E-state index contributed by atoms with van der Waals surface area (Å²) in [6, 6.07) is 3.53. The number of aromatic nitrogens is 1. The molecule has 0 N–H and O–H groups in total. The zero-order valence-corrected chi connectivity index (χ0v) is 11.1. The van der Waals surface area contributed by atoms with Gasteiger partial charge in [-0.05, 0) is 34.7 Å². The highest BCUT2D eigenvalue weighted by Crippen LogP contribution is 2.29. The van der Waals surface area contributed by atoms with Gasteiger partial charge in [0.15, 0.2) is 0 Å². The topological polar surface area (TPSA) is 50.3 Å². The van der Waals surface area contributed by atoms with Crippen molar-refractivity contribution in [3.8, 4) is 0 Å². The van der Waals surface area contributed by atoms with E-state index < -0.39 is 0 Å². The third kappa shape index (κ3) is 1.73. The van der Waals surface area contributed by atoms with Crippen LogP contribution in [0.15, 0.2) is 18.3 Å². The van der Waals surface area contributed by atoms with Gasteiger partial charge in [-0.3, -0.25) is 9.59 Å². The lowest BCUT2D eigenvalue weighted by atomic mass is 10.00. The Kier molecular flexibility index (Phi) is 2.96. The van der Waals surface area contributed by atoms with Gasteiger partial charge in [0.1, 0.15) is 5.82 Å². The molecule has 2 atom stereocenters. The van der Waals surface area contributed by atoms with Gasteiger partial charge in [-0.25, -0.2) is 9.88 Å². The third-order valence-electron chi connectivity index (χ3n) is 2.91. The van der Waals surface area contributed by atoms with Crippen LogP contribution in [0.1, 0.15) is 13.8 Å². The molecule has 1 aliphatic rings. The quantitative estimate of drug-likeness (QED) is 0.583. The number of pyridine rings is 1. The van der Waals surface area contributed by atoms with Crippen LogP contribution < -0.4 is 4.90 Å². The van der Waals surface area contributed by atoms with Crippen molar-refractivity contribution >= 4 is 40.2 Å². The van der Waals surface area contributed by atoms with E-state index in [0.717, 1.165) is 3.57 Å². The van der Waals surface area contributed by atoms with Gasteiger partial charge in [0, 0.05) is 21.6 Å². The Balaban J connectivity index is 2.38. The Morgan fingerprint density at radius 3 is 2.19 bits per heavy atom.